The number of aromatic hydroxyl groups is 1. The number of anilines is 1. The molecular weight excluding hydrogens is 721 g/mol. The number of amides is 1. The summed E-state index contributed by atoms with van der Waals surface area (Å²) < 4.78 is 26.1. The number of carbonyl (C=O) groups is 2. The second-order valence-electron chi connectivity index (χ2n) is 10.8. The van der Waals surface area contributed by atoms with Gasteiger partial charge in [0.05, 0.1) is 23.2 Å². The zero-order valence-corrected chi connectivity index (χ0v) is 28.7. The Morgan fingerprint density at radius 1 is 1.04 bits per heavy atom. The van der Waals surface area contributed by atoms with Crippen LogP contribution in [-0.2, 0) is 21.9 Å². The van der Waals surface area contributed by atoms with Crippen LogP contribution in [0, 0.1) is 12.7 Å². The predicted octanol–water partition coefficient (Wildman–Crippen LogP) is 7.96. The summed E-state index contributed by atoms with van der Waals surface area (Å²) in [6.45, 7) is 2.35. The van der Waals surface area contributed by atoms with E-state index < -0.39 is 23.5 Å². The molecule has 48 heavy (non-hydrogen) atoms. The average molecular weight is 749 g/mol. The van der Waals surface area contributed by atoms with Gasteiger partial charge in [0.25, 0.3) is 5.78 Å². The third-order valence-electron chi connectivity index (χ3n) is 7.56. The summed E-state index contributed by atoms with van der Waals surface area (Å²) in [7, 11) is 1.37. The number of phenolic OH excluding ortho intramolecular Hbond substituents is 1. The molecule has 244 valence electrons. The molecule has 1 aliphatic heterocycles. The zero-order chi connectivity index (χ0) is 33.9. The molecule has 1 unspecified atom stereocenters. The van der Waals surface area contributed by atoms with E-state index in [1.165, 1.54) is 37.1 Å². The molecule has 0 radical (unpaired) electrons. The molecule has 0 aliphatic carbocycles. The molecule has 1 fully saturated rings. The van der Waals surface area contributed by atoms with Gasteiger partial charge in [0.2, 0.25) is 5.13 Å². The highest BCUT2D eigenvalue weighted by Crippen LogP contribution is 2.47. The molecule has 2 N–H and O–H groups in total. The summed E-state index contributed by atoms with van der Waals surface area (Å²) in [6, 6.07) is 22.7. The van der Waals surface area contributed by atoms with Gasteiger partial charge in [0.1, 0.15) is 23.9 Å². The van der Waals surface area contributed by atoms with Gasteiger partial charge in [-0.3, -0.25) is 14.5 Å². The first-order valence-corrected chi connectivity index (χ1v) is 17.1. The Morgan fingerprint density at radius 3 is 2.54 bits per heavy atom. The van der Waals surface area contributed by atoms with Crippen LogP contribution in [0.15, 0.2) is 99.3 Å². The predicted molar refractivity (Wildman–Crippen MR) is 185 cm³/mol. The second-order valence-corrected chi connectivity index (χ2v) is 13.8. The van der Waals surface area contributed by atoms with Crippen molar-refractivity contribution in [1.82, 2.24) is 10.2 Å². The van der Waals surface area contributed by atoms with Gasteiger partial charge in [-0.2, -0.15) is 0 Å². The molecule has 6 rings (SSSR count). The van der Waals surface area contributed by atoms with Crippen molar-refractivity contribution in [3.8, 4) is 17.2 Å². The standard InChI is InChI=1S/C35H27BrFN3O6S2/c1-19-6-5-7-20(14-19)17-46-24-12-10-21(11-13-24)30(41)28-29(23-15-25(36)31(42)27(16-23)45-2)40(33(44)32(28)43)34-38-39-35(48-34)47-18-22-8-3-4-9-26(22)37/h3-16,29,41-42H,17-18H2,1-2H3. The van der Waals surface area contributed by atoms with Crippen molar-refractivity contribution in [3.05, 3.63) is 129 Å². The monoisotopic (exact) mass is 747 g/mol. The van der Waals surface area contributed by atoms with Gasteiger partial charge in [-0.1, -0.05) is 71.1 Å². The zero-order valence-electron chi connectivity index (χ0n) is 25.5. The normalized spacial score (nSPS) is 15.6. The number of Topliss-reactive ketones (excluding diaryl/α,β-unsaturated/α-hetero) is 1. The average Bonchev–Trinajstić information content (AvgIpc) is 3.66. The molecule has 13 heteroatoms. The molecule has 0 bridgehead atoms. The number of nitrogens with zero attached hydrogens (tertiary/aromatic N) is 3. The van der Waals surface area contributed by atoms with Gasteiger partial charge in [-0.25, -0.2) is 4.39 Å². The number of aryl methyl sites for hydroxylation is 1. The number of phenols is 1. The van der Waals surface area contributed by atoms with Crippen LogP contribution in [0.2, 0.25) is 0 Å². The Labute approximate surface area is 291 Å². The Hall–Kier alpha value is -4.72. The maximum absolute atomic E-state index is 14.2. The number of halogens is 2. The van der Waals surface area contributed by atoms with E-state index in [1.807, 2.05) is 31.2 Å². The van der Waals surface area contributed by atoms with Crippen molar-refractivity contribution >= 4 is 61.6 Å². The summed E-state index contributed by atoms with van der Waals surface area (Å²) in [6.07, 6.45) is 0. The van der Waals surface area contributed by atoms with Crippen LogP contribution < -0.4 is 14.4 Å². The minimum atomic E-state index is -1.16. The summed E-state index contributed by atoms with van der Waals surface area (Å²) in [4.78, 5) is 28.5. The number of hydrogen-bond donors (Lipinski definition) is 2. The van der Waals surface area contributed by atoms with E-state index in [-0.39, 0.29) is 43.8 Å². The molecule has 1 aromatic heterocycles. The lowest BCUT2D eigenvalue weighted by Gasteiger charge is -2.23. The van der Waals surface area contributed by atoms with Crippen molar-refractivity contribution in [3.63, 3.8) is 0 Å². The summed E-state index contributed by atoms with van der Waals surface area (Å²) in [5, 5.41) is 30.6. The van der Waals surface area contributed by atoms with Crippen LogP contribution in [0.25, 0.3) is 5.76 Å². The van der Waals surface area contributed by atoms with Crippen LogP contribution >= 0.6 is 39.0 Å². The minimum Gasteiger partial charge on any atom is -0.507 e. The van der Waals surface area contributed by atoms with Crippen molar-refractivity contribution in [2.24, 2.45) is 0 Å². The number of rotatable bonds is 10. The van der Waals surface area contributed by atoms with Crippen molar-refractivity contribution in [2.75, 3.05) is 12.0 Å². The van der Waals surface area contributed by atoms with Crippen molar-refractivity contribution in [2.45, 2.75) is 29.7 Å². The Kier molecular flexibility index (Phi) is 9.81. The first kappa shape index (κ1) is 33.2. The fourth-order valence-electron chi connectivity index (χ4n) is 5.20. The van der Waals surface area contributed by atoms with Gasteiger partial charge < -0.3 is 19.7 Å². The highest BCUT2D eigenvalue weighted by Gasteiger charge is 2.48. The number of benzene rings is 4. The molecule has 0 spiro atoms. The van der Waals surface area contributed by atoms with Crippen molar-refractivity contribution < 1.29 is 33.7 Å². The molecule has 1 aliphatic rings. The molecule has 2 heterocycles. The second kappa shape index (κ2) is 14.2. The van der Waals surface area contributed by atoms with Crippen LogP contribution in [0.4, 0.5) is 9.52 Å². The smallest absolute Gasteiger partial charge is 0.301 e. The van der Waals surface area contributed by atoms with Crippen LogP contribution in [0.5, 0.6) is 17.2 Å². The molecule has 4 aromatic carbocycles. The molecule has 1 amide bonds. The molecule has 0 saturated carbocycles. The first-order valence-electron chi connectivity index (χ1n) is 14.5. The number of ether oxygens (including phenoxy) is 2. The van der Waals surface area contributed by atoms with E-state index in [0.717, 1.165) is 27.4 Å². The number of aliphatic hydroxyl groups is 1. The van der Waals surface area contributed by atoms with E-state index in [9.17, 15) is 24.2 Å². The lowest BCUT2D eigenvalue weighted by molar-refractivity contribution is -0.132. The van der Waals surface area contributed by atoms with E-state index >= 15 is 0 Å². The molecular formula is C35H27BrFN3O6S2. The molecule has 9 nitrogen and oxygen atoms in total. The number of aliphatic hydroxyl groups excluding tert-OH is 1. The molecule has 1 atom stereocenters. The first-order chi connectivity index (χ1) is 23.1. The number of thioether (sulfide) groups is 1. The van der Waals surface area contributed by atoms with E-state index in [4.69, 9.17) is 9.47 Å². The van der Waals surface area contributed by atoms with Gasteiger partial charge in [0, 0.05) is 11.3 Å². The summed E-state index contributed by atoms with van der Waals surface area (Å²) in [5.41, 5.74) is 3.04. The highest BCUT2D eigenvalue weighted by atomic mass is 79.9. The molecule has 5 aromatic rings. The molecule has 1 saturated heterocycles. The third-order valence-corrected chi connectivity index (χ3v) is 10.3. The number of carbonyl (C=O) groups excluding carboxylic acids is 2. The number of aromatic nitrogens is 2. The van der Waals surface area contributed by atoms with Gasteiger partial charge >= 0.3 is 5.91 Å². The largest absolute Gasteiger partial charge is 0.507 e. The SMILES string of the molecule is COc1cc(C2C(=C(O)c3ccc(OCc4cccc(C)c4)cc3)C(=O)C(=O)N2c2nnc(SCc3ccccc3F)s2)cc(Br)c1O. The minimum absolute atomic E-state index is 0.0819. The maximum Gasteiger partial charge on any atom is 0.301 e. The van der Waals surface area contributed by atoms with E-state index in [2.05, 4.69) is 26.1 Å². The highest BCUT2D eigenvalue weighted by molar-refractivity contribution is 9.10. The number of hydrogen-bond acceptors (Lipinski definition) is 10. The summed E-state index contributed by atoms with van der Waals surface area (Å²) in [5.74, 6) is -1.89. The topological polar surface area (TPSA) is 122 Å². The summed E-state index contributed by atoms with van der Waals surface area (Å²) >= 11 is 5.60. The quantitative estimate of drug-likeness (QED) is 0.0482. The van der Waals surface area contributed by atoms with Gasteiger partial charge in [0.15, 0.2) is 15.8 Å². The van der Waals surface area contributed by atoms with E-state index in [0.29, 0.717) is 27.8 Å². The fraction of sp³-hybridized carbons (Fsp3) is 0.143. The Balaban J connectivity index is 1.35. The van der Waals surface area contributed by atoms with Crippen LogP contribution in [0.3, 0.4) is 0 Å². The number of methoxy groups -OCH3 is 1. The van der Waals surface area contributed by atoms with Gasteiger partial charge in [-0.05, 0) is 82.0 Å². The third kappa shape index (κ3) is 6.80. The number of ketones is 1. The lowest BCUT2D eigenvalue weighted by Crippen LogP contribution is -2.29. The van der Waals surface area contributed by atoms with Gasteiger partial charge in [-0.15, -0.1) is 10.2 Å². The van der Waals surface area contributed by atoms with E-state index in [1.54, 1.807) is 42.5 Å². The maximum atomic E-state index is 14.2. The Bertz CT molecular complexity index is 2050. The van der Waals surface area contributed by atoms with Crippen molar-refractivity contribution in [1.29, 1.82) is 0 Å². The lowest BCUT2D eigenvalue weighted by atomic mass is 9.95. The Morgan fingerprint density at radius 2 is 1.81 bits per heavy atom. The fourth-order valence-corrected chi connectivity index (χ4v) is 7.51. The van der Waals surface area contributed by atoms with Crippen LogP contribution in [-0.4, -0.2) is 39.2 Å². The van der Waals surface area contributed by atoms with Crippen LogP contribution in [0.1, 0.15) is 33.9 Å².